The number of halogens is 3. The van der Waals surface area contributed by atoms with Crippen LogP contribution in [0.1, 0.15) is 37.1 Å². The van der Waals surface area contributed by atoms with E-state index in [1.807, 2.05) is 12.1 Å². The number of alkyl halides is 3. The number of para-hydroxylation sites is 1. The highest BCUT2D eigenvalue weighted by Crippen LogP contribution is 2.34. The number of likely N-dealkylation sites (tertiary alicyclic amines) is 1. The summed E-state index contributed by atoms with van der Waals surface area (Å²) in [6.07, 6.45) is -0.423. The SMILES string of the molecule is COc1ccc(N2CCCC(N3CCC(NC(=O)Cc4nc5c(C(F)(F)F)cccc5[nH]4)C3)CC2)cc1. The van der Waals surface area contributed by atoms with Crippen molar-refractivity contribution in [1.29, 1.82) is 0 Å². The van der Waals surface area contributed by atoms with Crippen LogP contribution in [0.2, 0.25) is 0 Å². The first-order valence-corrected chi connectivity index (χ1v) is 12.8. The van der Waals surface area contributed by atoms with Crippen LogP contribution < -0.4 is 15.0 Å². The fourth-order valence-electron chi connectivity index (χ4n) is 5.56. The second-order valence-corrected chi connectivity index (χ2v) is 9.88. The fourth-order valence-corrected chi connectivity index (χ4v) is 5.56. The van der Waals surface area contributed by atoms with Crippen molar-refractivity contribution in [3.63, 3.8) is 0 Å². The zero-order valence-electron chi connectivity index (χ0n) is 20.9. The molecule has 3 heterocycles. The fraction of sp³-hybridized carbons (Fsp3) is 0.481. The van der Waals surface area contributed by atoms with E-state index in [2.05, 4.69) is 37.2 Å². The lowest BCUT2D eigenvalue weighted by Gasteiger charge is -2.27. The number of nitrogens with one attached hydrogen (secondary N) is 2. The van der Waals surface area contributed by atoms with Crippen molar-refractivity contribution in [2.75, 3.05) is 38.2 Å². The van der Waals surface area contributed by atoms with E-state index in [4.69, 9.17) is 4.74 Å². The number of methoxy groups -OCH3 is 1. The summed E-state index contributed by atoms with van der Waals surface area (Å²) >= 11 is 0. The summed E-state index contributed by atoms with van der Waals surface area (Å²) in [7, 11) is 1.67. The number of imidazole rings is 1. The van der Waals surface area contributed by atoms with Crippen molar-refractivity contribution < 1.29 is 22.7 Å². The molecule has 3 aromatic rings. The minimum atomic E-state index is -4.49. The summed E-state index contributed by atoms with van der Waals surface area (Å²) in [6, 6.07) is 12.6. The molecule has 0 radical (unpaired) electrons. The van der Waals surface area contributed by atoms with Gasteiger partial charge in [0.25, 0.3) is 0 Å². The van der Waals surface area contributed by atoms with Gasteiger partial charge in [0.2, 0.25) is 5.91 Å². The van der Waals surface area contributed by atoms with Gasteiger partial charge in [-0.2, -0.15) is 13.2 Å². The van der Waals surface area contributed by atoms with Crippen molar-refractivity contribution in [3.8, 4) is 5.75 Å². The molecule has 0 saturated carbocycles. The van der Waals surface area contributed by atoms with Crippen molar-refractivity contribution in [2.24, 2.45) is 0 Å². The lowest BCUT2D eigenvalue weighted by molar-refractivity contribution is -0.136. The quantitative estimate of drug-likeness (QED) is 0.510. The molecule has 37 heavy (non-hydrogen) atoms. The van der Waals surface area contributed by atoms with E-state index in [-0.39, 0.29) is 35.2 Å². The zero-order valence-corrected chi connectivity index (χ0v) is 20.9. The molecule has 1 aromatic heterocycles. The van der Waals surface area contributed by atoms with E-state index in [1.54, 1.807) is 7.11 Å². The molecule has 2 unspecified atom stereocenters. The Kier molecular flexibility index (Phi) is 7.28. The van der Waals surface area contributed by atoms with Crippen molar-refractivity contribution in [2.45, 2.75) is 50.4 Å². The van der Waals surface area contributed by atoms with Crippen LogP contribution in [-0.4, -0.2) is 66.1 Å². The lowest BCUT2D eigenvalue weighted by atomic mass is 10.1. The number of hydrogen-bond donors (Lipinski definition) is 2. The topological polar surface area (TPSA) is 73.5 Å². The van der Waals surface area contributed by atoms with Crippen molar-refractivity contribution >= 4 is 22.6 Å². The number of ether oxygens (including phenoxy) is 1. The normalized spacial score (nSPS) is 21.2. The number of aromatic amines is 1. The number of aromatic nitrogens is 2. The number of hydrogen-bond acceptors (Lipinski definition) is 5. The van der Waals surface area contributed by atoms with Crippen molar-refractivity contribution in [3.05, 3.63) is 53.9 Å². The predicted octanol–water partition coefficient (Wildman–Crippen LogP) is 4.38. The second kappa shape index (κ2) is 10.6. The Morgan fingerprint density at radius 3 is 2.68 bits per heavy atom. The number of anilines is 1. The standard InChI is InChI=1S/C27H32F3N5O2/c1-37-21-9-7-20(8-10-21)34-13-3-4-19(12-15-34)35-14-11-18(17-35)31-25(36)16-24-32-23-6-2-5-22(26(23)33-24)27(28,29)30/h2,5-10,18-19H,3-4,11-17H2,1H3,(H,31,36)(H,32,33). The molecule has 2 aliphatic heterocycles. The Labute approximate surface area is 214 Å². The number of nitrogens with zero attached hydrogens (tertiary/aromatic N) is 3. The van der Waals surface area contributed by atoms with Crippen LogP contribution >= 0.6 is 0 Å². The van der Waals surface area contributed by atoms with Gasteiger partial charge in [-0.05, 0) is 62.1 Å². The van der Waals surface area contributed by atoms with Gasteiger partial charge >= 0.3 is 6.18 Å². The molecule has 2 saturated heterocycles. The lowest BCUT2D eigenvalue weighted by Crippen LogP contribution is -2.40. The van der Waals surface area contributed by atoms with Crippen LogP contribution in [0.3, 0.4) is 0 Å². The number of benzene rings is 2. The minimum absolute atomic E-state index is 0.0311. The van der Waals surface area contributed by atoms with E-state index in [0.717, 1.165) is 63.7 Å². The molecule has 5 rings (SSSR count). The van der Waals surface area contributed by atoms with Crippen LogP contribution in [0.5, 0.6) is 5.75 Å². The number of H-pyrrole nitrogens is 1. The Bertz CT molecular complexity index is 1230. The van der Waals surface area contributed by atoms with Gasteiger partial charge in [0.05, 0.1) is 24.6 Å². The largest absolute Gasteiger partial charge is 0.497 e. The summed E-state index contributed by atoms with van der Waals surface area (Å²) in [6.45, 7) is 3.72. The molecular weight excluding hydrogens is 483 g/mol. The van der Waals surface area contributed by atoms with Crippen LogP contribution in [0.15, 0.2) is 42.5 Å². The smallest absolute Gasteiger partial charge is 0.418 e. The predicted molar refractivity (Wildman–Crippen MR) is 136 cm³/mol. The highest BCUT2D eigenvalue weighted by atomic mass is 19.4. The molecule has 0 spiro atoms. The minimum Gasteiger partial charge on any atom is -0.497 e. The maximum absolute atomic E-state index is 13.3. The molecule has 0 aliphatic carbocycles. The number of carbonyl (C=O) groups is 1. The van der Waals surface area contributed by atoms with E-state index < -0.39 is 11.7 Å². The Balaban J connectivity index is 1.13. The molecule has 7 nitrogen and oxygen atoms in total. The molecule has 0 bridgehead atoms. The van der Waals surface area contributed by atoms with Gasteiger partial charge in [-0.25, -0.2) is 4.98 Å². The highest BCUT2D eigenvalue weighted by molar-refractivity contribution is 5.82. The first-order chi connectivity index (χ1) is 17.8. The van der Waals surface area contributed by atoms with E-state index in [0.29, 0.717) is 6.04 Å². The number of amides is 1. The average molecular weight is 516 g/mol. The maximum Gasteiger partial charge on any atom is 0.418 e. The molecule has 1 amide bonds. The molecule has 10 heteroatoms. The number of carbonyl (C=O) groups excluding carboxylic acids is 1. The van der Waals surface area contributed by atoms with Gasteiger partial charge in [-0.1, -0.05) is 6.07 Å². The molecule has 2 N–H and O–H groups in total. The van der Waals surface area contributed by atoms with Crippen LogP contribution in [0, 0.1) is 0 Å². The van der Waals surface area contributed by atoms with Gasteiger partial charge in [0.15, 0.2) is 0 Å². The average Bonchev–Trinajstić information content (AvgIpc) is 3.42. The van der Waals surface area contributed by atoms with Crippen molar-refractivity contribution in [1.82, 2.24) is 20.2 Å². The monoisotopic (exact) mass is 515 g/mol. The Morgan fingerprint density at radius 1 is 1.11 bits per heavy atom. The third-order valence-electron chi connectivity index (χ3n) is 7.43. The van der Waals surface area contributed by atoms with E-state index in [9.17, 15) is 18.0 Å². The zero-order chi connectivity index (χ0) is 26.0. The second-order valence-electron chi connectivity index (χ2n) is 9.88. The summed E-state index contributed by atoms with van der Waals surface area (Å²) in [5.41, 5.74) is 0.540. The van der Waals surface area contributed by atoms with Crippen LogP contribution in [0.4, 0.5) is 18.9 Å². The summed E-state index contributed by atoms with van der Waals surface area (Å²) in [5.74, 6) is 0.862. The summed E-state index contributed by atoms with van der Waals surface area (Å²) < 4.78 is 45.1. The first kappa shape index (κ1) is 25.4. The highest BCUT2D eigenvalue weighted by Gasteiger charge is 2.34. The maximum atomic E-state index is 13.3. The molecule has 2 atom stereocenters. The number of fused-ring (bicyclic) bond motifs is 1. The molecular formula is C27H32F3N5O2. The van der Waals surface area contributed by atoms with Crippen LogP contribution in [-0.2, 0) is 17.4 Å². The van der Waals surface area contributed by atoms with Gasteiger partial charge < -0.3 is 19.9 Å². The van der Waals surface area contributed by atoms with Gasteiger partial charge in [0.1, 0.15) is 17.1 Å². The van der Waals surface area contributed by atoms with E-state index in [1.165, 1.54) is 17.8 Å². The third-order valence-corrected chi connectivity index (χ3v) is 7.43. The number of rotatable bonds is 6. The Morgan fingerprint density at radius 2 is 1.92 bits per heavy atom. The summed E-state index contributed by atoms with van der Waals surface area (Å²) in [5, 5.41) is 3.06. The summed E-state index contributed by atoms with van der Waals surface area (Å²) in [4.78, 5) is 24.5. The van der Waals surface area contributed by atoms with Gasteiger partial charge in [-0.15, -0.1) is 0 Å². The van der Waals surface area contributed by atoms with Gasteiger partial charge in [0, 0.05) is 44.0 Å². The van der Waals surface area contributed by atoms with E-state index >= 15 is 0 Å². The van der Waals surface area contributed by atoms with Gasteiger partial charge in [-0.3, -0.25) is 9.69 Å². The molecule has 2 fully saturated rings. The Hall–Kier alpha value is -3.27. The molecule has 198 valence electrons. The third kappa shape index (κ3) is 5.84. The first-order valence-electron chi connectivity index (χ1n) is 12.8. The molecule has 2 aromatic carbocycles. The van der Waals surface area contributed by atoms with Crippen LogP contribution in [0.25, 0.3) is 11.0 Å². The molecule has 2 aliphatic rings.